The average Bonchev–Trinajstić information content (AvgIpc) is 2.61. The molecular formula is C13H15NOS. The topological polar surface area (TPSA) is 28.9 Å². The summed E-state index contributed by atoms with van der Waals surface area (Å²) in [5.74, 6) is 0.906. The predicted octanol–water partition coefficient (Wildman–Crippen LogP) is 4.30. The van der Waals surface area contributed by atoms with Crippen molar-refractivity contribution in [1.82, 2.24) is 4.98 Å². The third-order valence-corrected chi connectivity index (χ3v) is 2.58. The first kappa shape index (κ1) is 11.1. The van der Waals surface area contributed by atoms with E-state index < -0.39 is 0 Å². The Hall–Kier alpha value is -1.35. The molecule has 84 valence electrons. The first-order valence-corrected chi connectivity index (χ1v) is 5.68. The Morgan fingerprint density at radius 3 is 2.31 bits per heavy atom. The van der Waals surface area contributed by atoms with E-state index in [0.717, 1.165) is 17.0 Å². The van der Waals surface area contributed by atoms with Crippen molar-refractivity contribution < 1.29 is 4.42 Å². The van der Waals surface area contributed by atoms with Crippen molar-refractivity contribution in [2.75, 3.05) is 0 Å². The van der Waals surface area contributed by atoms with Gasteiger partial charge in [-0.3, -0.25) is 0 Å². The summed E-state index contributed by atoms with van der Waals surface area (Å²) in [5.41, 5.74) is 2.03. The van der Waals surface area contributed by atoms with E-state index in [1.165, 1.54) is 0 Å². The lowest BCUT2D eigenvalue weighted by molar-refractivity contribution is 0.401. The van der Waals surface area contributed by atoms with Gasteiger partial charge in [-0.05, 0) is 12.2 Å². The van der Waals surface area contributed by atoms with Gasteiger partial charge in [0.15, 0.2) is 0 Å². The van der Waals surface area contributed by atoms with Gasteiger partial charge in [0.2, 0.25) is 0 Å². The lowest BCUT2D eigenvalue weighted by Crippen LogP contribution is -2.11. The fourth-order valence-corrected chi connectivity index (χ4v) is 1.85. The van der Waals surface area contributed by atoms with E-state index in [4.69, 9.17) is 16.6 Å². The van der Waals surface area contributed by atoms with Crippen molar-refractivity contribution in [2.45, 2.75) is 26.2 Å². The van der Waals surface area contributed by atoms with Gasteiger partial charge in [0, 0.05) is 11.0 Å². The third kappa shape index (κ3) is 2.09. The molecule has 0 saturated carbocycles. The molecule has 2 rings (SSSR count). The van der Waals surface area contributed by atoms with E-state index >= 15 is 0 Å². The minimum atomic E-state index is -0.0568. The number of aromatic amines is 1. The smallest absolute Gasteiger partial charge is 0.266 e. The molecule has 1 N–H and O–H groups in total. The number of benzene rings is 1. The molecule has 0 spiro atoms. The Kier molecular flexibility index (Phi) is 2.72. The molecule has 0 saturated heterocycles. The van der Waals surface area contributed by atoms with Crippen LogP contribution in [0.25, 0.3) is 11.3 Å². The number of H-pyrrole nitrogens is 1. The predicted molar refractivity (Wildman–Crippen MR) is 68.0 cm³/mol. The zero-order valence-corrected chi connectivity index (χ0v) is 10.5. The monoisotopic (exact) mass is 233 g/mol. The van der Waals surface area contributed by atoms with Crippen molar-refractivity contribution in [3.63, 3.8) is 0 Å². The molecular weight excluding hydrogens is 218 g/mol. The standard InChI is InChI=1S/C13H15NOS/c1-13(2,3)11-10(14-12(16)15-11)9-7-5-4-6-8-9/h4-8H,1-3H3,(H,14,16). The molecule has 0 aliphatic heterocycles. The summed E-state index contributed by atoms with van der Waals surface area (Å²) in [6.45, 7) is 6.34. The maximum atomic E-state index is 5.59. The number of oxazole rings is 1. The maximum Gasteiger partial charge on any atom is 0.266 e. The molecule has 1 aromatic heterocycles. The second kappa shape index (κ2) is 3.91. The molecule has 2 nitrogen and oxygen atoms in total. The molecule has 0 fully saturated rings. The lowest BCUT2D eigenvalue weighted by atomic mass is 9.90. The Morgan fingerprint density at radius 2 is 1.75 bits per heavy atom. The lowest BCUT2D eigenvalue weighted by Gasteiger charge is -2.16. The van der Waals surface area contributed by atoms with Crippen molar-refractivity contribution in [3.05, 3.63) is 40.9 Å². The van der Waals surface area contributed by atoms with Gasteiger partial charge in [0.1, 0.15) is 5.76 Å². The Morgan fingerprint density at radius 1 is 1.12 bits per heavy atom. The Labute approximate surface area is 100 Å². The normalized spacial score (nSPS) is 11.7. The molecule has 0 amide bonds. The van der Waals surface area contributed by atoms with Crippen LogP contribution in [-0.2, 0) is 5.41 Å². The molecule has 0 radical (unpaired) electrons. The third-order valence-electron chi connectivity index (χ3n) is 2.39. The molecule has 2 aromatic rings. The van der Waals surface area contributed by atoms with Crippen LogP contribution >= 0.6 is 12.2 Å². The SMILES string of the molecule is CC(C)(C)c1oc(=S)[nH]c1-c1ccccc1. The molecule has 0 atom stereocenters. The fourth-order valence-electron chi connectivity index (χ4n) is 1.66. The summed E-state index contributed by atoms with van der Waals surface area (Å²) in [6, 6.07) is 10.1. The molecule has 1 heterocycles. The van der Waals surface area contributed by atoms with E-state index in [-0.39, 0.29) is 5.41 Å². The highest BCUT2D eigenvalue weighted by atomic mass is 32.1. The quantitative estimate of drug-likeness (QED) is 0.744. The van der Waals surface area contributed by atoms with Gasteiger partial charge < -0.3 is 9.40 Å². The minimum absolute atomic E-state index is 0.0568. The first-order valence-electron chi connectivity index (χ1n) is 5.27. The van der Waals surface area contributed by atoms with Gasteiger partial charge in [-0.25, -0.2) is 0 Å². The van der Waals surface area contributed by atoms with Crippen LogP contribution in [0.1, 0.15) is 26.5 Å². The van der Waals surface area contributed by atoms with E-state index in [1.807, 2.05) is 30.3 Å². The maximum absolute atomic E-state index is 5.59. The summed E-state index contributed by atoms with van der Waals surface area (Å²) in [5, 5.41) is 0. The van der Waals surface area contributed by atoms with E-state index in [2.05, 4.69) is 25.8 Å². The van der Waals surface area contributed by atoms with Crippen LogP contribution in [0.2, 0.25) is 0 Å². The van der Waals surface area contributed by atoms with Crippen LogP contribution in [0.3, 0.4) is 0 Å². The van der Waals surface area contributed by atoms with Crippen LogP contribution in [0.15, 0.2) is 34.7 Å². The van der Waals surface area contributed by atoms with Gasteiger partial charge in [-0.1, -0.05) is 51.1 Å². The van der Waals surface area contributed by atoms with Crippen molar-refractivity contribution in [3.8, 4) is 11.3 Å². The number of hydrogen-bond acceptors (Lipinski definition) is 2. The highest BCUT2D eigenvalue weighted by Gasteiger charge is 2.23. The highest BCUT2D eigenvalue weighted by molar-refractivity contribution is 7.71. The number of nitrogens with one attached hydrogen (secondary N) is 1. The molecule has 0 aliphatic rings. The first-order chi connectivity index (χ1) is 7.48. The van der Waals surface area contributed by atoms with Gasteiger partial charge in [-0.2, -0.15) is 0 Å². The van der Waals surface area contributed by atoms with Gasteiger partial charge >= 0.3 is 0 Å². The highest BCUT2D eigenvalue weighted by Crippen LogP contribution is 2.32. The van der Waals surface area contributed by atoms with Crippen molar-refractivity contribution in [2.24, 2.45) is 0 Å². The second-order valence-corrected chi connectivity index (χ2v) is 5.21. The fraction of sp³-hybridized carbons (Fsp3) is 0.308. The van der Waals surface area contributed by atoms with Crippen molar-refractivity contribution >= 4 is 12.2 Å². The summed E-state index contributed by atoms with van der Waals surface area (Å²) < 4.78 is 5.59. The van der Waals surface area contributed by atoms with Crippen molar-refractivity contribution in [1.29, 1.82) is 0 Å². The second-order valence-electron chi connectivity index (χ2n) is 4.83. The van der Waals surface area contributed by atoms with E-state index in [9.17, 15) is 0 Å². The zero-order chi connectivity index (χ0) is 11.8. The summed E-state index contributed by atoms with van der Waals surface area (Å²) in [7, 11) is 0. The van der Waals surface area contributed by atoms with Crippen LogP contribution < -0.4 is 0 Å². The average molecular weight is 233 g/mol. The number of rotatable bonds is 1. The summed E-state index contributed by atoms with van der Waals surface area (Å²) >= 11 is 5.07. The number of hydrogen-bond donors (Lipinski definition) is 1. The molecule has 3 heteroatoms. The van der Waals surface area contributed by atoms with Crippen LogP contribution in [0.4, 0.5) is 0 Å². The molecule has 16 heavy (non-hydrogen) atoms. The number of aromatic nitrogens is 1. The molecule has 0 bridgehead atoms. The van der Waals surface area contributed by atoms with Crippen LogP contribution in [0, 0.1) is 4.84 Å². The largest absolute Gasteiger partial charge is 0.433 e. The van der Waals surface area contributed by atoms with Crippen LogP contribution in [-0.4, -0.2) is 4.98 Å². The summed E-state index contributed by atoms with van der Waals surface area (Å²) in [4.78, 5) is 3.55. The van der Waals surface area contributed by atoms with E-state index in [1.54, 1.807) is 0 Å². The van der Waals surface area contributed by atoms with Gasteiger partial charge in [-0.15, -0.1) is 0 Å². The van der Waals surface area contributed by atoms with E-state index in [0.29, 0.717) is 4.84 Å². The zero-order valence-electron chi connectivity index (χ0n) is 9.70. The minimum Gasteiger partial charge on any atom is -0.433 e. The molecule has 0 unspecified atom stereocenters. The summed E-state index contributed by atoms with van der Waals surface area (Å²) in [6.07, 6.45) is 0. The Bertz CT molecular complexity index is 531. The van der Waals surface area contributed by atoms with Crippen LogP contribution in [0.5, 0.6) is 0 Å². The molecule has 1 aromatic carbocycles. The Balaban J connectivity index is 2.62. The van der Waals surface area contributed by atoms with Gasteiger partial charge in [0.25, 0.3) is 4.84 Å². The molecule has 0 aliphatic carbocycles. The van der Waals surface area contributed by atoms with Gasteiger partial charge in [0.05, 0.1) is 5.69 Å².